The predicted molar refractivity (Wildman–Crippen MR) is 228 cm³/mol. The van der Waals surface area contributed by atoms with Crippen molar-refractivity contribution in [2.45, 2.75) is 127 Å². The average Bonchev–Trinajstić information content (AvgIpc) is 4.17. The van der Waals surface area contributed by atoms with Gasteiger partial charge in [0, 0.05) is 37.8 Å². The van der Waals surface area contributed by atoms with Crippen LogP contribution >= 0.6 is 0 Å². The highest BCUT2D eigenvalue weighted by Gasteiger charge is 2.62. The molecule has 19 nitrogen and oxygen atoms in total. The molecule has 64 heavy (non-hydrogen) atoms. The second-order valence-electron chi connectivity index (χ2n) is 18.8. The minimum atomic E-state index is -3.97. The van der Waals surface area contributed by atoms with E-state index in [4.69, 9.17) is 14.2 Å². The number of likely N-dealkylation sites (tertiary alicyclic amines) is 1. The molecule has 20 heteroatoms. The number of carbonyl (C=O) groups is 6. The Kier molecular flexibility index (Phi) is 12.4. The summed E-state index contributed by atoms with van der Waals surface area (Å²) in [6.07, 6.45) is 8.67. The smallest absolute Gasteiger partial charge is 0.410 e. The molecule has 6 aliphatic rings. The van der Waals surface area contributed by atoms with E-state index in [9.17, 15) is 32.4 Å². The fourth-order valence-electron chi connectivity index (χ4n) is 9.22. The molecule has 0 radical (unpaired) electrons. The minimum Gasteiger partial charge on any atom is -0.486 e. The van der Waals surface area contributed by atoms with Crippen molar-refractivity contribution in [2.75, 3.05) is 19.8 Å². The number of amides is 6. The number of carbonyl (C=O) groups excluding carboxylic acids is 6. The number of nitrogens with one attached hydrogen (secondary N) is 4. The van der Waals surface area contributed by atoms with Gasteiger partial charge < -0.3 is 35.1 Å². The van der Waals surface area contributed by atoms with E-state index in [0.717, 1.165) is 30.4 Å². The Morgan fingerprint density at radius 2 is 1.62 bits per heavy atom. The second-order valence-corrected chi connectivity index (χ2v) is 20.8. The molecule has 8 rings (SSSR count). The van der Waals surface area contributed by atoms with E-state index < -0.39 is 92.0 Å². The van der Waals surface area contributed by atoms with Crippen molar-refractivity contribution in [2.24, 2.45) is 17.3 Å². The lowest BCUT2D eigenvalue weighted by Crippen LogP contribution is -2.62. The molecular formula is C44H56N8O11S. The van der Waals surface area contributed by atoms with E-state index in [0.29, 0.717) is 50.4 Å². The van der Waals surface area contributed by atoms with Gasteiger partial charge in [-0.05, 0) is 66.7 Å². The minimum absolute atomic E-state index is 0.0250. The number of hydrogen-bond acceptors (Lipinski definition) is 13. The van der Waals surface area contributed by atoms with Crippen molar-refractivity contribution in [1.29, 1.82) is 0 Å². The van der Waals surface area contributed by atoms with Crippen molar-refractivity contribution in [3.8, 4) is 11.5 Å². The predicted octanol–water partition coefficient (Wildman–Crippen LogP) is 2.25. The lowest BCUT2D eigenvalue weighted by molar-refractivity contribution is -0.145. The maximum atomic E-state index is 15.0. The normalized spacial score (nSPS) is 25.0. The van der Waals surface area contributed by atoms with Crippen LogP contribution < -0.4 is 30.1 Å². The number of nitrogens with zero attached hydrogens (tertiary/aromatic N) is 4. The molecule has 4 heterocycles. The SMILES string of the molecule is C=C[C@H]1C[C@@]1(NC(=O)[C@@H]1C[C@@H](OC(=O)N2Cc3cc4c(cc3C2)OCCO4)CN1C(=O)[C@@H](NC(=O)[C@@H](NC(=O)c1cnccn1)C1CCCCC1)C(C)(C)C)C(=O)NS(=O)(=O)C1CC1. The summed E-state index contributed by atoms with van der Waals surface area (Å²) < 4.78 is 45.3. The second kappa shape index (κ2) is 17.6. The highest BCUT2D eigenvalue weighted by atomic mass is 32.2. The number of sulfonamides is 1. The van der Waals surface area contributed by atoms with Crippen LogP contribution in [0.3, 0.4) is 0 Å². The van der Waals surface area contributed by atoms with Crippen LogP contribution in [0.15, 0.2) is 43.4 Å². The van der Waals surface area contributed by atoms with E-state index in [-0.39, 0.29) is 44.1 Å². The molecule has 6 atom stereocenters. The van der Waals surface area contributed by atoms with Gasteiger partial charge in [0.25, 0.3) is 11.8 Å². The van der Waals surface area contributed by atoms with Crippen LogP contribution in [-0.4, -0.2) is 119 Å². The van der Waals surface area contributed by atoms with Gasteiger partial charge in [-0.25, -0.2) is 18.2 Å². The van der Waals surface area contributed by atoms with Gasteiger partial charge in [0.05, 0.1) is 18.0 Å². The van der Waals surface area contributed by atoms with Gasteiger partial charge in [0.15, 0.2) is 11.5 Å². The molecule has 1 aromatic heterocycles. The summed E-state index contributed by atoms with van der Waals surface area (Å²) in [5.41, 5.74) is -0.857. The number of aromatic nitrogens is 2. The fraction of sp³-hybridized carbons (Fsp3) is 0.591. The first-order valence-electron chi connectivity index (χ1n) is 22.0. The molecular weight excluding hydrogens is 849 g/mol. The molecule has 4 N–H and O–H groups in total. The van der Waals surface area contributed by atoms with Gasteiger partial charge in [-0.3, -0.25) is 38.6 Å². The Hall–Kier alpha value is -5.79. The van der Waals surface area contributed by atoms with E-state index >= 15 is 4.79 Å². The largest absolute Gasteiger partial charge is 0.486 e. The molecule has 3 aliphatic carbocycles. The Bertz CT molecular complexity index is 2280. The Labute approximate surface area is 371 Å². The first-order chi connectivity index (χ1) is 30.5. The van der Waals surface area contributed by atoms with E-state index in [1.165, 1.54) is 34.5 Å². The van der Waals surface area contributed by atoms with Crippen LogP contribution in [0.1, 0.15) is 100 Å². The number of benzene rings is 1. The van der Waals surface area contributed by atoms with Gasteiger partial charge in [0.1, 0.15) is 48.7 Å². The monoisotopic (exact) mass is 904 g/mol. The van der Waals surface area contributed by atoms with Crippen LogP contribution in [0, 0.1) is 17.3 Å². The van der Waals surface area contributed by atoms with Crippen molar-refractivity contribution in [3.05, 3.63) is 60.2 Å². The van der Waals surface area contributed by atoms with Crippen LogP contribution in [0.5, 0.6) is 11.5 Å². The summed E-state index contributed by atoms with van der Waals surface area (Å²) >= 11 is 0. The third kappa shape index (κ3) is 9.37. The topological polar surface area (TPSA) is 245 Å². The van der Waals surface area contributed by atoms with Crippen LogP contribution in [0.4, 0.5) is 4.79 Å². The summed E-state index contributed by atoms with van der Waals surface area (Å²) in [7, 11) is -3.97. The molecule has 3 aliphatic heterocycles. The number of ether oxygens (including phenoxy) is 3. The van der Waals surface area contributed by atoms with E-state index in [2.05, 4.69) is 37.2 Å². The molecule has 1 saturated heterocycles. The van der Waals surface area contributed by atoms with Gasteiger partial charge in [-0.15, -0.1) is 6.58 Å². The maximum absolute atomic E-state index is 15.0. The number of rotatable bonds is 13. The molecule has 6 amide bonds. The van der Waals surface area contributed by atoms with Crippen molar-refractivity contribution in [3.63, 3.8) is 0 Å². The lowest BCUT2D eigenvalue weighted by Gasteiger charge is -2.37. The zero-order valence-corrected chi connectivity index (χ0v) is 37.1. The third-order valence-electron chi connectivity index (χ3n) is 13.1. The summed E-state index contributed by atoms with van der Waals surface area (Å²) in [5, 5.41) is 7.84. The van der Waals surface area contributed by atoms with Crippen LogP contribution in [0.2, 0.25) is 0 Å². The Balaban J connectivity index is 1.04. The molecule has 4 fully saturated rings. The van der Waals surface area contributed by atoms with Crippen molar-refractivity contribution >= 4 is 45.7 Å². The molecule has 1 aromatic carbocycles. The van der Waals surface area contributed by atoms with Crippen LogP contribution in [0.25, 0.3) is 0 Å². The quantitative estimate of drug-likeness (QED) is 0.211. The van der Waals surface area contributed by atoms with Gasteiger partial charge >= 0.3 is 6.09 Å². The van der Waals surface area contributed by atoms with Gasteiger partial charge in [-0.1, -0.05) is 46.1 Å². The van der Waals surface area contributed by atoms with Gasteiger partial charge in [-0.2, -0.15) is 0 Å². The first kappa shape index (κ1) is 44.8. The molecule has 0 unspecified atom stereocenters. The standard InChI is InChI=1S/C44H56N8O11S/c1-5-28-20-44(28,41(57)50-64(59,60)30-11-12-30)49-38(54)32-19-29(63-42(58)51-22-26-17-33-34(18-27(26)23-51)62-16-15-61-33)24-52(32)40(56)36(43(2,3)4)48-39(55)35(25-9-7-6-8-10-25)47-37(53)31-21-45-13-14-46-31/h5,13-14,17-18,21,25,28-30,32,35-36H,1,6-12,15-16,19-20,22-24H2,2-4H3,(H,47,53)(H,48,55)(H,49,54)(H,50,57)/t28-,29+,32-,35-,36+,44-/m0/s1. The molecule has 0 bridgehead atoms. The summed E-state index contributed by atoms with van der Waals surface area (Å²) in [5.74, 6) is -3.18. The van der Waals surface area contributed by atoms with Gasteiger partial charge in [0.2, 0.25) is 27.7 Å². The van der Waals surface area contributed by atoms with E-state index in [1.807, 2.05) is 12.1 Å². The third-order valence-corrected chi connectivity index (χ3v) is 14.9. The summed E-state index contributed by atoms with van der Waals surface area (Å²) in [4.78, 5) is 95.7. The maximum Gasteiger partial charge on any atom is 0.410 e. The molecule has 0 spiro atoms. The Morgan fingerprint density at radius 3 is 2.20 bits per heavy atom. The summed E-state index contributed by atoms with van der Waals surface area (Å²) in [6.45, 7) is 10.1. The van der Waals surface area contributed by atoms with Crippen molar-refractivity contribution < 1.29 is 51.4 Å². The average molecular weight is 905 g/mol. The zero-order chi connectivity index (χ0) is 45.6. The first-order valence-corrected chi connectivity index (χ1v) is 23.6. The molecule has 3 saturated carbocycles. The fourth-order valence-corrected chi connectivity index (χ4v) is 10.6. The highest BCUT2D eigenvalue weighted by molar-refractivity contribution is 7.91. The molecule has 344 valence electrons. The van der Waals surface area contributed by atoms with E-state index in [1.54, 1.807) is 20.8 Å². The number of hydrogen-bond donors (Lipinski definition) is 4. The zero-order valence-electron chi connectivity index (χ0n) is 36.3. The number of fused-ring (bicyclic) bond motifs is 2. The summed E-state index contributed by atoms with van der Waals surface area (Å²) in [6, 6.07) is 0.0822. The Morgan fingerprint density at radius 1 is 0.953 bits per heavy atom. The molecule has 2 aromatic rings. The van der Waals surface area contributed by atoms with Crippen molar-refractivity contribution in [1.82, 2.24) is 40.4 Å². The van der Waals surface area contributed by atoms with Crippen LogP contribution in [-0.2, 0) is 47.0 Å². The highest BCUT2D eigenvalue weighted by Crippen LogP contribution is 2.46. The lowest BCUT2D eigenvalue weighted by atomic mass is 9.82.